The minimum atomic E-state index is 0.403. The van der Waals surface area contributed by atoms with Gasteiger partial charge in [0.05, 0.1) is 0 Å². The number of anilines is 1. The first-order chi connectivity index (χ1) is 6.65. The normalized spacial score (nSPS) is 25.6. The lowest BCUT2D eigenvalue weighted by Crippen LogP contribution is -2.44. The monoisotopic (exact) mass is 254 g/mol. The van der Waals surface area contributed by atoms with E-state index in [0.29, 0.717) is 12.1 Å². The lowest BCUT2D eigenvalue weighted by Gasteiger charge is -2.34. The van der Waals surface area contributed by atoms with E-state index in [9.17, 15) is 0 Å². The fourth-order valence-corrected chi connectivity index (χ4v) is 2.11. The highest BCUT2D eigenvalue weighted by atomic mass is 79.9. The van der Waals surface area contributed by atoms with Crippen LogP contribution in [-0.2, 0) is 0 Å². The highest BCUT2D eigenvalue weighted by Crippen LogP contribution is 2.26. The van der Waals surface area contributed by atoms with E-state index in [1.54, 1.807) is 0 Å². The molecular formula is C11H15BrN2. The predicted molar refractivity (Wildman–Crippen MR) is 63.5 cm³/mol. The van der Waals surface area contributed by atoms with Gasteiger partial charge in [-0.05, 0) is 37.5 Å². The summed E-state index contributed by atoms with van der Waals surface area (Å²) >= 11 is 3.47. The molecule has 1 aliphatic carbocycles. The van der Waals surface area contributed by atoms with Crippen molar-refractivity contribution < 1.29 is 0 Å². The van der Waals surface area contributed by atoms with E-state index in [1.807, 2.05) is 0 Å². The minimum absolute atomic E-state index is 0.403. The van der Waals surface area contributed by atoms with Crippen molar-refractivity contribution in [2.24, 2.45) is 5.73 Å². The Labute approximate surface area is 93.0 Å². The molecule has 3 N–H and O–H groups in total. The van der Waals surface area contributed by atoms with Gasteiger partial charge in [0.2, 0.25) is 0 Å². The number of nitrogens with one attached hydrogen (secondary N) is 1. The van der Waals surface area contributed by atoms with Crippen LogP contribution < -0.4 is 11.1 Å². The van der Waals surface area contributed by atoms with E-state index >= 15 is 0 Å². The Balaban J connectivity index is 2.05. The summed E-state index contributed by atoms with van der Waals surface area (Å²) in [6.45, 7) is 2.12. The van der Waals surface area contributed by atoms with Crippen LogP contribution in [0.2, 0.25) is 0 Å². The quantitative estimate of drug-likeness (QED) is 0.852. The Bertz CT molecular complexity index is 332. The SMILES string of the molecule is Cc1ccc(Br)cc1NC1CC(N)C1. The van der Waals surface area contributed by atoms with Crippen LogP contribution in [0.5, 0.6) is 0 Å². The Morgan fingerprint density at radius 1 is 1.43 bits per heavy atom. The molecule has 1 saturated carbocycles. The molecule has 3 heteroatoms. The van der Waals surface area contributed by atoms with Crippen molar-refractivity contribution in [3.05, 3.63) is 28.2 Å². The van der Waals surface area contributed by atoms with Crippen molar-refractivity contribution in [3.63, 3.8) is 0 Å². The smallest absolute Gasteiger partial charge is 0.0383 e. The third-order valence-electron chi connectivity index (χ3n) is 2.73. The van der Waals surface area contributed by atoms with Crippen LogP contribution >= 0.6 is 15.9 Å². The van der Waals surface area contributed by atoms with Crippen molar-refractivity contribution in [3.8, 4) is 0 Å². The molecule has 76 valence electrons. The van der Waals surface area contributed by atoms with Crippen LogP contribution in [0.4, 0.5) is 5.69 Å². The summed E-state index contributed by atoms with van der Waals surface area (Å²) in [5.41, 5.74) is 8.25. The highest BCUT2D eigenvalue weighted by molar-refractivity contribution is 9.10. The summed E-state index contributed by atoms with van der Waals surface area (Å²) in [6.07, 6.45) is 2.18. The van der Waals surface area contributed by atoms with Crippen LogP contribution in [-0.4, -0.2) is 12.1 Å². The number of aryl methyl sites for hydroxylation is 1. The molecule has 0 amide bonds. The molecule has 0 bridgehead atoms. The van der Waals surface area contributed by atoms with E-state index < -0.39 is 0 Å². The Morgan fingerprint density at radius 2 is 2.14 bits per heavy atom. The predicted octanol–water partition coefficient (Wildman–Crippen LogP) is 2.66. The number of hydrogen-bond acceptors (Lipinski definition) is 2. The molecule has 2 nitrogen and oxygen atoms in total. The van der Waals surface area contributed by atoms with E-state index in [1.165, 1.54) is 11.3 Å². The first kappa shape index (κ1) is 9.99. The molecule has 0 saturated heterocycles. The summed E-state index contributed by atoms with van der Waals surface area (Å²) in [5.74, 6) is 0. The topological polar surface area (TPSA) is 38.0 Å². The van der Waals surface area contributed by atoms with E-state index in [-0.39, 0.29) is 0 Å². The average Bonchev–Trinajstić information content (AvgIpc) is 2.09. The lowest BCUT2D eigenvalue weighted by molar-refractivity contribution is 0.373. The number of halogens is 1. The van der Waals surface area contributed by atoms with Crippen LogP contribution in [0, 0.1) is 6.92 Å². The molecule has 0 heterocycles. The largest absolute Gasteiger partial charge is 0.382 e. The molecule has 0 atom stereocenters. The fraction of sp³-hybridized carbons (Fsp3) is 0.455. The Kier molecular flexibility index (Phi) is 2.79. The van der Waals surface area contributed by atoms with Crippen LogP contribution in [0.15, 0.2) is 22.7 Å². The Hall–Kier alpha value is -0.540. The van der Waals surface area contributed by atoms with Gasteiger partial charge in [0.25, 0.3) is 0 Å². The molecule has 1 aromatic rings. The number of benzene rings is 1. The molecule has 2 rings (SSSR count). The van der Waals surface area contributed by atoms with Gasteiger partial charge in [0, 0.05) is 22.2 Å². The second-order valence-electron chi connectivity index (χ2n) is 4.03. The molecular weight excluding hydrogens is 240 g/mol. The zero-order chi connectivity index (χ0) is 10.1. The summed E-state index contributed by atoms with van der Waals surface area (Å²) < 4.78 is 1.12. The minimum Gasteiger partial charge on any atom is -0.382 e. The second-order valence-corrected chi connectivity index (χ2v) is 4.95. The van der Waals surface area contributed by atoms with Gasteiger partial charge in [0.1, 0.15) is 0 Å². The van der Waals surface area contributed by atoms with E-state index in [2.05, 4.69) is 46.4 Å². The zero-order valence-corrected chi connectivity index (χ0v) is 9.84. The van der Waals surface area contributed by atoms with Gasteiger partial charge >= 0.3 is 0 Å². The van der Waals surface area contributed by atoms with Gasteiger partial charge in [0.15, 0.2) is 0 Å². The van der Waals surface area contributed by atoms with Crippen molar-refractivity contribution in [1.82, 2.24) is 0 Å². The van der Waals surface area contributed by atoms with Gasteiger partial charge < -0.3 is 11.1 Å². The van der Waals surface area contributed by atoms with Gasteiger partial charge in [-0.1, -0.05) is 22.0 Å². The maximum Gasteiger partial charge on any atom is 0.0383 e. The summed E-state index contributed by atoms with van der Waals surface area (Å²) in [6, 6.07) is 7.27. The standard InChI is InChI=1S/C11H15BrN2/c1-7-2-3-8(12)4-11(7)14-10-5-9(13)6-10/h2-4,9-10,14H,5-6,13H2,1H3. The average molecular weight is 255 g/mol. The van der Waals surface area contributed by atoms with Gasteiger partial charge in [-0.2, -0.15) is 0 Å². The molecule has 0 unspecified atom stereocenters. The molecule has 0 spiro atoms. The number of nitrogens with two attached hydrogens (primary N) is 1. The van der Waals surface area contributed by atoms with Gasteiger partial charge in [-0.3, -0.25) is 0 Å². The molecule has 0 radical (unpaired) electrons. The number of rotatable bonds is 2. The van der Waals surface area contributed by atoms with Crippen molar-refractivity contribution >= 4 is 21.6 Å². The van der Waals surface area contributed by atoms with Gasteiger partial charge in [-0.15, -0.1) is 0 Å². The summed E-state index contributed by atoms with van der Waals surface area (Å²) in [7, 11) is 0. The van der Waals surface area contributed by atoms with Crippen molar-refractivity contribution in [2.45, 2.75) is 31.8 Å². The second kappa shape index (κ2) is 3.91. The van der Waals surface area contributed by atoms with Crippen LogP contribution in [0.25, 0.3) is 0 Å². The van der Waals surface area contributed by atoms with Crippen molar-refractivity contribution in [1.29, 1.82) is 0 Å². The highest BCUT2D eigenvalue weighted by Gasteiger charge is 2.25. The third kappa shape index (κ3) is 2.10. The number of hydrogen-bond donors (Lipinski definition) is 2. The maximum absolute atomic E-state index is 5.74. The Morgan fingerprint density at radius 3 is 2.79 bits per heavy atom. The molecule has 0 aliphatic heterocycles. The van der Waals surface area contributed by atoms with Crippen LogP contribution in [0.3, 0.4) is 0 Å². The molecule has 14 heavy (non-hydrogen) atoms. The maximum atomic E-state index is 5.74. The molecule has 1 fully saturated rings. The summed E-state index contributed by atoms with van der Waals surface area (Å²) in [5, 5.41) is 3.51. The first-order valence-electron chi connectivity index (χ1n) is 4.93. The molecule has 1 aromatic carbocycles. The first-order valence-corrected chi connectivity index (χ1v) is 5.73. The molecule has 1 aliphatic rings. The molecule has 0 aromatic heterocycles. The zero-order valence-electron chi connectivity index (χ0n) is 8.26. The fourth-order valence-electron chi connectivity index (χ4n) is 1.75. The van der Waals surface area contributed by atoms with E-state index in [0.717, 1.165) is 17.3 Å². The van der Waals surface area contributed by atoms with Crippen molar-refractivity contribution in [2.75, 3.05) is 5.32 Å². The summed E-state index contributed by atoms with van der Waals surface area (Å²) in [4.78, 5) is 0. The van der Waals surface area contributed by atoms with Gasteiger partial charge in [-0.25, -0.2) is 0 Å². The van der Waals surface area contributed by atoms with Crippen LogP contribution in [0.1, 0.15) is 18.4 Å². The lowest BCUT2D eigenvalue weighted by atomic mass is 9.87. The third-order valence-corrected chi connectivity index (χ3v) is 3.23. The van der Waals surface area contributed by atoms with E-state index in [4.69, 9.17) is 5.73 Å².